The van der Waals surface area contributed by atoms with Crippen molar-refractivity contribution >= 4 is 5.82 Å². The lowest BCUT2D eigenvalue weighted by Crippen LogP contribution is -2.43. The van der Waals surface area contributed by atoms with Crippen molar-refractivity contribution in [3.05, 3.63) is 54.2 Å². The van der Waals surface area contributed by atoms with E-state index in [-0.39, 0.29) is 6.61 Å². The zero-order valence-electron chi connectivity index (χ0n) is 14.2. The van der Waals surface area contributed by atoms with Gasteiger partial charge < -0.3 is 20.1 Å². The van der Waals surface area contributed by atoms with E-state index in [9.17, 15) is 9.50 Å². The molecule has 3 rings (SSSR count). The molecule has 1 aliphatic heterocycles. The van der Waals surface area contributed by atoms with Crippen molar-refractivity contribution < 1.29 is 14.2 Å². The minimum absolute atomic E-state index is 0.0808. The fraction of sp³-hybridized carbons (Fsp3) is 0.421. The number of hydrogen-bond acceptors (Lipinski definition) is 5. The first-order valence-electron chi connectivity index (χ1n) is 8.55. The van der Waals surface area contributed by atoms with Crippen LogP contribution in [0.5, 0.6) is 5.75 Å². The molecule has 1 fully saturated rings. The van der Waals surface area contributed by atoms with E-state index in [1.54, 1.807) is 6.20 Å². The fourth-order valence-electron chi connectivity index (χ4n) is 3.04. The highest BCUT2D eigenvalue weighted by Gasteiger charge is 2.36. The van der Waals surface area contributed by atoms with Crippen LogP contribution in [0.15, 0.2) is 48.7 Å². The smallest absolute Gasteiger partial charge is 0.128 e. The Labute approximate surface area is 147 Å². The second-order valence-electron chi connectivity index (χ2n) is 6.37. The molecule has 134 valence electrons. The largest absolute Gasteiger partial charge is 0.491 e. The number of benzene rings is 1. The molecule has 0 radical (unpaired) electrons. The van der Waals surface area contributed by atoms with Crippen molar-refractivity contribution in [3.63, 3.8) is 0 Å². The maximum Gasteiger partial charge on any atom is 0.128 e. The molecule has 0 unspecified atom stereocenters. The monoisotopic (exact) mass is 345 g/mol. The Morgan fingerprint density at radius 3 is 2.80 bits per heavy atom. The Hall–Kier alpha value is -2.18. The maximum absolute atomic E-state index is 12.1. The summed E-state index contributed by atoms with van der Waals surface area (Å²) in [5.74, 6) is 1.57. The normalized spacial score (nSPS) is 20.0. The van der Waals surface area contributed by atoms with Crippen molar-refractivity contribution in [1.82, 2.24) is 10.3 Å². The van der Waals surface area contributed by atoms with Crippen LogP contribution >= 0.6 is 0 Å². The van der Waals surface area contributed by atoms with Crippen molar-refractivity contribution in [3.8, 4) is 5.75 Å². The molecule has 1 aromatic heterocycles. The minimum Gasteiger partial charge on any atom is -0.491 e. The number of aromatic nitrogens is 1. The predicted molar refractivity (Wildman–Crippen MR) is 95.6 cm³/mol. The molecule has 0 amide bonds. The SMILES string of the molecule is O[C@@]1(CNCc2ccc(OCCF)cc2)CCN(c2ccccn2)C1. The van der Waals surface area contributed by atoms with Gasteiger partial charge in [-0.2, -0.15) is 0 Å². The average molecular weight is 345 g/mol. The third-order valence-electron chi connectivity index (χ3n) is 4.36. The van der Waals surface area contributed by atoms with E-state index in [1.807, 2.05) is 42.5 Å². The fourth-order valence-corrected chi connectivity index (χ4v) is 3.04. The molecule has 0 aliphatic carbocycles. The van der Waals surface area contributed by atoms with Crippen molar-refractivity contribution in [1.29, 1.82) is 0 Å². The second kappa shape index (κ2) is 8.27. The molecule has 2 N–H and O–H groups in total. The molecular formula is C19H24FN3O2. The van der Waals surface area contributed by atoms with Crippen molar-refractivity contribution in [2.45, 2.75) is 18.6 Å². The molecule has 5 nitrogen and oxygen atoms in total. The molecule has 2 heterocycles. The van der Waals surface area contributed by atoms with Gasteiger partial charge in [0.1, 0.15) is 24.8 Å². The summed E-state index contributed by atoms with van der Waals surface area (Å²) in [6.45, 7) is 2.16. The van der Waals surface area contributed by atoms with Crippen LogP contribution < -0.4 is 15.0 Å². The lowest BCUT2D eigenvalue weighted by Gasteiger charge is -2.24. The van der Waals surface area contributed by atoms with Gasteiger partial charge in [-0.05, 0) is 36.2 Å². The lowest BCUT2D eigenvalue weighted by atomic mass is 10.0. The van der Waals surface area contributed by atoms with Gasteiger partial charge in [-0.1, -0.05) is 18.2 Å². The third kappa shape index (κ3) is 4.90. The van der Waals surface area contributed by atoms with Gasteiger partial charge in [-0.25, -0.2) is 9.37 Å². The summed E-state index contributed by atoms with van der Waals surface area (Å²) >= 11 is 0. The molecule has 1 saturated heterocycles. The molecule has 6 heteroatoms. The highest BCUT2D eigenvalue weighted by molar-refractivity contribution is 5.40. The van der Waals surface area contributed by atoms with Crippen LogP contribution in [-0.2, 0) is 6.54 Å². The van der Waals surface area contributed by atoms with Gasteiger partial charge in [0.15, 0.2) is 0 Å². The van der Waals surface area contributed by atoms with Crippen LogP contribution in [0.4, 0.5) is 10.2 Å². The Bertz CT molecular complexity index is 653. The van der Waals surface area contributed by atoms with Gasteiger partial charge in [0, 0.05) is 32.4 Å². The molecule has 1 aromatic carbocycles. The van der Waals surface area contributed by atoms with Crippen LogP contribution in [0.1, 0.15) is 12.0 Å². The van der Waals surface area contributed by atoms with Gasteiger partial charge in [-0.3, -0.25) is 0 Å². The molecule has 1 aliphatic rings. The number of hydrogen-bond donors (Lipinski definition) is 2. The molecule has 0 saturated carbocycles. The van der Waals surface area contributed by atoms with E-state index in [0.29, 0.717) is 31.8 Å². The number of halogens is 1. The summed E-state index contributed by atoms with van der Waals surface area (Å²) in [6.07, 6.45) is 2.48. The number of β-amino-alcohol motifs (C(OH)–C–C–N with tert-alkyl or cyclic N) is 1. The number of ether oxygens (including phenoxy) is 1. The van der Waals surface area contributed by atoms with Gasteiger partial charge in [0.2, 0.25) is 0 Å². The van der Waals surface area contributed by atoms with Crippen LogP contribution in [0, 0.1) is 0 Å². The van der Waals surface area contributed by atoms with Crippen LogP contribution in [-0.4, -0.2) is 48.6 Å². The highest BCUT2D eigenvalue weighted by Crippen LogP contribution is 2.24. The van der Waals surface area contributed by atoms with Gasteiger partial charge >= 0.3 is 0 Å². The maximum atomic E-state index is 12.1. The minimum atomic E-state index is -0.748. The number of alkyl halides is 1. The van der Waals surface area contributed by atoms with Crippen molar-refractivity contribution in [2.75, 3.05) is 37.8 Å². The first-order chi connectivity index (χ1) is 12.2. The number of pyridine rings is 1. The molecule has 1 atom stereocenters. The number of anilines is 1. The number of rotatable bonds is 8. The number of nitrogens with one attached hydrogen (secondary N) is 1. The Kier molecular flexibility index (Phi) is 5.83. The van der Waals surface area contributed by atoms with E-state index in [2.05, 4.69) is 15.2 Å². The van der Waals surface area contributed by atoms with E-state index in [1.165, 1.54) is 0 Å². The quantitative estimate of drug-likeness (QED) is 0.768. The van der Waals surface area contributed by atoms with E-state index >= 15 is 0 Å². The number of aliphatic hydroxyl groups is 1. The zero-order valence-corrected chi connectivity index (χ0v) is 14.2. The van der Waals surface area contributed by atoms with Gasteiger partial charge in [-0.15, -0.1) is 0 Å². The van der Waals surface area contributed by atoms with Gasteiger partial charge in [0.05, 0.1) is 5.60 Å². The molecule has 2 aromatic rings. The van der Waals surface area contributed by atoms with Gasteiger partial charge in [0.25, 0.3) is 0 Å². The second-order valence-corrected chi connectivity index (χ2v) is 6.37. The third-order valence-corrected chi connectivity index (χ3v) is 4.36. The summed E-state index contributed by atoms with van der Waals surface area (Å²) in [4.78, 5) is 6.45. The summed E-state index contributed by atoms with van der Waals surface area (Å²) in [6, 6.07) is 13.4. The van der Waals surface area contributed by atoms with Crippen LogP contribution in [0.3, 0.4) is 0 Å². The molecule has 0 bridgehead atoms. The molecule has 0 spiro atoms. The highest BCUT2D eigenvalue weighted by atomic mass is 19.1. The first kappa shape index (κ1) is 17.6. The van der Waals surface area contributed by atoms with E-state index < -0.39 is 12.3 Å². The Morgan fingerprint density at radius 1 is 1.24 bits per heavy atom. The van der Waals surface area contributed by atoms with E-state index in [0.717, 1.165) is 17.9 Å². The summed E-state index contributed by atoms with van der Waals surface area (Å²) in [5.41, 5.74) is 0.345. The topological polar surface area (TPSA) is 57.6 Å². The van der Waals surface area contributed by atoms with E-state index in [4.69, 9.17) is 4.74 Å². The van der Waals surface area contributed by atoms with Crippen LogP contribution in [0.2, 0.25) is 0 Å². The Morgan fingerprint density at radius 2 is 2.08 bits per heavy atom. The summed E-state index contributed by atoms with van der Waals surface area (Å²) in [7, 11) is 0. The molecular weight excluding hydrogens is 321 g/mol. The number of nitrogens with zero attached hydrogens (tertiary/aromatic N) is 2. The average Bonchev–Trinajstić information content (AvgIpc) is 3.04. The summed E-state index contributed by atoms with van der Waals surface area (Å²) in [5, 5.41) is 14.1. The zero-order chi connectivity index (χ0) is 17.5. The first-order valence-corrected chi connectivity index (χ1v) is 8.55. The van der Waals surface area contributed by atoms with Crippen molar-refractivity contribution in [2.24, 2.45) is 0 Å². The lowest BCUT2D eigenvalue weighted by molar-refractivity contribution is 0.0626. The standard InChI is InChI=1S/C19H24FN3O2/c20-9-12-25-17-6-4-16(5-7-17)13-21-14-19(24)8-11-23(15-19)18-3-1-2-10-22-18/h1-7,10,21,24H,8-9,11-15H2/t19-/m1/s1. The van der Waals surface area contributed by atoms with Crippen LogP contribution in [0.25, 0.3) is 0 Å². The Balaban J connectivity index is 1.45. The molecule has 25 heavy (non-hydrogen) atoms. The predicted octanol–water partition coefficient (Wildman–Crippen LogP) is 2.16. The summed E-state index contributed by atoms with van der Waals surface area (Å²) < 4.78 is 17.3.